The molecule has 0 radical (unpaired) electrons. The van der Waals surface area contributed by atoms with E-state index >= 15 is 0 Å². The van der Waals surface area contributed by atoms with Crippen LogP contribution in [0.2, 0.25) is 0 Å². The highest BCUT2D eigenvalue weighted by Gasteiger charge is 2.37. The van der Waals surface area contributed by atoms with Crippen molar-refractivity contribution in [3.63, 3.8) is 0 Å². The second-order valence-corrected chi connectivity index (χ2v) is 7.15. The first-order valence-electron chi connectivity index (χ1n) is 7.42. The fourth-order valence-corrected chi connectivity index (χ4v) is 3.79. The summed E-state index contributed by atoms with van der Waals surface area (Å²) in [6.45, 7) is -0.969. The van der Waals surface area contributed by atoms with Gasteiger partial charge >= 0.3 is 10.2 Å². The van der Waals surface area contributed by atoms with E-state index in [-0.39, 0.29) is 23.8 Å². The lowest BCUT2D eigenvalue weighted by Crippen LogP contribution is -2.30. The van der Waals surface area contributed by atoms with Gasteiger partial charge < -0.3 is 15.5 Å². The van der Waals surface area contributed by atoms with Gasteiger partial charge in [0, 0.05) is 11.1 Å². The van der Waals surface area contributed by atoms with Crippen molar-refractivity contribution in [2.24, 2.45) is 0 Å². The maximum absolute atomic E-state index is 14.8. The van der Waals surface area contributed by atoms with Gasteiger partial charge in [-0.25, -0.2) is 13.4 Å². The van der Waals surface area contributed by atoms with E-state index in [0.29, 0.717) is 9.99 Å². The SMILES string of the molecule is O=C(CCO)Nc1ccc2c(F)c(N3CC(=O)NS3(=O)=O)c(O)cc2c1. The van der Waals surface area contributed by atoms with Gasteiger partial charge in [0.15, 0.2) is 5.82 Å². The Morgan fingerprint density at radius 3 is 2.69 bits per heavy atom. The van der Waals surface area contributed by atoms with Crippen LogP contribution in [0.1, 0.15) is 6.42 Å². The van der Waals surface area contributed by atoms with E-state index in [1.54, 1.807) is 4.72 Å². The lowest BCUT2D eigenvalue weighted by Gasteiger charge is -2.18. The standard InChI is InChI=1S/C15H14FN3O6S/c16-14-10-2-1-9(17-12(22)3-4-20)5-8(10)6-11(21)15(14)19-7-13(23)18-26(19,24)25/h1-2,5-6,20-21H,3-4,7H2,(H,17,22)(H,18,23). The molecule has 1 heterocycles. The number of amides is 2. The summed E-state index contributed by atoms with van der Waals surface area (Å²) < 4.78 is 40.8. The molecule has 0 atom stereocenters. The maximum atomic E-state index is 14.8. The van der Waals surface area contributed by atoms with Crippen LogP contribution in [-0.2, 0) is 19.8 Å². The van der Waals surface area contributed by atoms with Crippen LogP contribution in [0.3, 0.4) is 0 Å². The Kier molecular flexibility index (Phi) is 4.42. The topological polar surface area (TPSA) is 136 Å². The summed E-state index contributed by atoms with van der Waals surface area (Å²) in [6.07, 6.45) is -0.107. The van der Waals surface area contributed by atoms with Crippen LogP contribution in [0.15, 0.2) is 24.3 Å². The van der Waals surface area contributed by atoms with E-state index < -0.39 is 45.8 Å². The third kappa shape index (κ3) is 3.13. The van der Waals surface area contributed by atoms with Crippen LogP contribution in [0, 0.1) is 5.82 Å². The highest BCUT2D eigenvalue weighted by molar-refractivity contribution is 7.92. The molecule has 4 N–H and O–H groups in total. The van der Waals surface area contributed by atoms with E-state index in [0.717, 1.165) is 6.07 Å². The first-order chi connectivity index (χ1) is 12.2. The molecule has 138 valence electrons. The van der Waals surface area contributed by atoms with E-state index in [9.17, 15) is 27.5 Å². The maximum Gasteiger partial charge on any atom is 0.326 e. The van der Waals surface area contributed by atoms with Gasteiger partial charge in [-0.15, -0.1) is 0 Å². The molecule has 1 fully saturated rings. The number of carbonyl (C=O) groups is 2. The molecular formula is C15H14FN3O6S. The second-order valence-electron chi connectivity index (χ2n) is 5.55. The number of fused-ring (bicyclic) bond motifs is 1. The molecule has 2 aromatic carbocycles. The summed E-state index contributed by atoms with van der Waals surface area (Å²) >= 11 is 0. The van der Waals surface area contributed by atoms with Crippen molar-refractivity contribution in [2.45, 2.75) is 6.42 Å². The second kappa shape index (κ2) is 6.42. The molecule has 11 heteroatoms. The number of anilines is 2. The lowest BCUT2D eigenvalue weighted by atomic mass is 10.1. The molecule has 3 rings (SSSR count). The quantitative estimate of drug-likeness (QED) is 0.595. The van der Waals surface area contributed by atoms with Crippen molar-refractivity contribution in [1.82, 2.24) is 4.72 Å². The Morgan fingerprint density at radius 1 is 1.35 bits per heavy atom. The fraction of sp³-hybridized carbons (Fsp3) is 0.200. The van der Waals surface area contributed by atoms with Crippen molar-refractivity contribution in [3.8, 4) is 5.75 Å². The van der Waals surface area contributed by atoms with Crippen molar-refractivity contribution >= 4 is 44.2 Å². The average Bonchev–Trinajstić information content (AvgIpc) is 2.79. The number of aliphatic hydroxyl groups excluding tert-OH is 1. The molecule has 0 unspecified atom stereocenters. The van der Waals surface area contributed by atoms with Gasteiger partial charge in [0.1, 0.15) is 18.0 Å². The number of rotatable bonds is 4. The molecule has 1 saturated heterocycles. The smallest absolute Gasteiger partial charge is 0.326 e. The number of nitrogens with one attached hydrogen (secondary N) is 2. The van der Waals surface area contributed by atoms with Crippen LogP contribution in [0.5, 0.6) is 5.75 Å². The van der Waals surface area contributed by atoms with Gasteiger partial charge in [-0.2, -0.15) is 8.42 Å². The molecule has 0 aromatic heterocycles. The van der Waals surface area contributed by atoms with Gasteiger partial charge in [-0.1, -0.05) is 0 Å². The molecule has 0 saturated carbocycles. The monoisotopic (exact) mass is 383 g/mol. The van der Waals surface area contributed by atoms with E-state index in [1.165, 1.54) is 18.2 Å². The third-order valence-corrected chi connectivity index (χ3v) is 5.10. The summed E-state index contributed by atoms with van der Waals surface area (Å²) in [5.41, 5.74) is -0.318. The predicted octanol–water partition coefficient (Wildman–Crippen LogP) is 0.186. The van der Waals surface area contributed by atoms with E-state index in [4.69, 9.17) is 5.11 Å². The third-order valence-electron chi connectivity index (χ3n) is 3.72. The van der Waals surface area contributed by atoms with Gasteiger partial charge in [0.25, 0.3) is 5.91 Å². The normalized spacial score (nSPS) is 15.9. The molecule has 26 heavy (non-hydrogen) atoms. The van der Waals surface area contributed by atoms with Crippen molar-refractivity contribution in [1.29, 1.82) is 0 Å². The van der Waals surface area contributed by atoms with Crippen molar-refractivity contribution < 1.29 is 32.6 Å². The largest absolute Gasteiger partial charge is 0.506 e. The zero-order chi connectivity index (χ0) is 19.1. The molecule has 0 aliphatic carbocycles. The van der Waals surface area contributed by atoms with E-state index in [2.05, 4.69) is 5.32 Å². The number of carbonyl (C=O) groups excluding carboxylic acids is 2. The minimum atomic E-state index is -4.28. The number of benzene rings is 2. The highest BCUT2D eigenvalue weighted by Crippen LogP contribution is 2.38. The molecule has 0 bridgehead atoms. The predicted molar refractivity (Wildman–Crippen MR) is 90.3 cm³/mol. The molecule has 2 amide bonds. The van der Waals surface area contributed by atoms with Gasteiger partial charge in [-0.05, 0) is 29.7 Å². The lowest BCUT2D eigenvalue weighted by molar-refractivity contribution is -0.117. The Labute approximate surface area is 147 Å². The Morgan fingerprint density at radius 2 is 2.08 bits per heavy atom. The summed E-state index contributed by atoms with van der Waals surface area (Å²) in [4.78, 5) is 22.8. The zero-order valence-electron chi connectivity index (χ0n) is 13.2. The molecular weight excluding hydrogens is 369 g/mol. The van der Waals surface area contributed by atoms with Crippen LogP contribution < -0.4 is 14.3 Å². The van der Waals surface area contributed by atoms with Crippen LogP contribution in [-0.4, -0.2) is 43.6 Å². The molecule has 0 spiro atoms. The van der Waals surface area contributed by atoms with Gasteiger partial charge in [0.2, 0.25) is 5.91 Å². The number of phenols is 1. The van der Waals surface area contributed by atoms with E-state index in [1.807, 2.05) is 0 Å². The number of hydrogen-bond acceptors (Lipinski definition) is 6. The van der Waals surface area contributed by atoms with Crippen molar-refractivity contribution in [2.75, 3.05) is 22.8 Å². The first kappa shape index (κ1) is 17.9. The average molecular weight is 383 g/mol. The number of hydrogen-bond donors (Lipinski definition) is 4. The molecule has 1 aliphatic heterocycles. The minimum Gasteiger partial charge on any atom is -0.506 e. The van der Waals surface area contributed by atoms with Crippen LogP contribution in [0.25, 0.3) is 10.8 Å². The summed E-state index contributed by atoms with van der Waals surface area (Å²) in [6, 6.07) is 5.22. The Bertz CT molecular complexity index is 1020. The first-order valence-corrected chi connectivity index (χ1v) is 8.86. The number of nitrogens with zero attached hydrogens (tertiary/aromatic N) is 1. The van der Waals surface area contributed by atoms with Crippen LogP contribution in [0.4, 0.5) is 15.8 Å². The highest BCUT2D eigenvalue weighted by atomic mass is 32.2. The summed E-state index contributed by atoms with van der Waals surface area (Å²) in [7, 11) is -4.28. The number of aromatic hydroxyl groups is 1. The summed E-state index contributed by atoms with van der Waals surface area (Å²) in [5, 5.41) is 21.5. The minimum absolute atomic E-state index is 0.00694. The van der Waals surface area contributed by atoms with Gasteiger partial charge in [-0.3, -0.25) is 9.59 Å². The molecule has 2 aromatic rings. The fourth-order valence-electron chi connectivity index (χ4n) is 2.62. The summed E-state index contributed by atoms with van der Waals surface area (Å²) in [5.74, 6) is -2.98. The number of halogens is 1. The molecule has 1 aliphatic rings. The number of aliphatic hydroxyl groups is 1. The number of phenolic OH excluding ortho intramolecular Hbond substituents is 1. The van der Waals surface area contributed by atoms with Crippen LogP contribution >= 0.6 is 0 Å². The van der Waals surface area contributed by atoms with Crippen molar-refractivity contribution in [3.05, 3.63) is 30.1 Å². The Hall–Kier alpha value is -2.92. The zero-order valence-corrected chi connectivity index (χ0v) is 14.0. The molecule has 9 nitrogen and oxygen atoms in total. The van der Waals surface area contributed by atoms with Gasteiger partial charge in [0.05, 0.1) is 13.0 Å². The Balaban J connectivity index is 2.06.